The highest BCUT2D eigenvalue weighted by Crippen LogP contribution is 2.38. The van der Waals surface area contributed by atoms with Crippen LogP contribution in [0.4, 0.5) is 0 Å². The summed E-state index contributed by atoms with van der Waals surface area (Å²) in [5.74, 6) is 0. The number of nitrogens with zero attached hydrogens (tertiary/aromatic N) is 1. The van der Waals surface area contributed by atoms with Gasteiger partial charge in [-0.25, -0.2) is 4.79 Å². The van der Waals surface area contributed by atoms with Crippen LogP contribution in [0, 0.1) is 0 Å². The average Bonchev–Trinajstić information content (AvgIpc) is 2.55. The van der Waals surface area contributed by atoms with Crippen molar-refractivity contribution < 1.29 is 9.84 Å². The zero-order chi connectivity index (χ0) is 12.6. The second-order valence-electron chi connectivity index (χ2n) is 4.35. The van der Waals surface area contributed by atoms with E-state index in [0.717, 1.165) is 0 Å². The molecule has 3 atom stereocenters. The van der Waals surface area contributed by atoms with E-state index in [1.165, 1.54) is 16.8 Å². The van der Waals surface area contributed by atoms with Gasteiger partial charge in [0, 0.05) is 12.3 Å². The molecule has 2 N–H and O–H groups in total. The minimum Gasteiger partial charge on any atom is -0.393 e. The summed E-state index contributed by atoms with van der Waals surface area (Å²) < 4.78 is 6.80. The molecule has 17 heavy (non-hydrogen) atoms. The summed E-state index contributed by atoms with van der Waals surface area (Å²) in [6.07, 6.45) is 1.09. The molecule has 2 heterocycles. The van der Waals surface area contributed by atoms with Gasteiger partial charge in [0.25, 0.3) is 5.56 Å². The van der Waals surface area contributed by atoms with Crippen LogP contribution < -0.4 is 11.2 Å². The van der Waals surface area contributed by atoms with Crippen molar-refractivity contribution in [1.29, 1.82) is 0 Å². The number of aromatic nitrogens is 2. The minimum atomic E-state index is -0.757. The van der Waals surface area contributed by atoms with E-state index >= 15 is 0 Å². The van der Waals surface area contributed by atoms with E-state index in [-0.39, 0.29) is 6.61 Å². The van der Waals surface area contributed by atoms with Gasteiger partial charge in [0.15, 0.2) is 6.23 Å². The summed E-state index contributed by atoms with van der Waals surface area (Å²) in [4.78, 5) is 24.7. The van der Waals surface area contributed by atoms with Crippen molar-refractivity contribution in [3.05, 3.63) is 33.1 Å². The quantitative estimate of drug-likeness (QED) is 0.722. The highest BCUT2D eigenvalue weighted by atomic mass is 35.5. The maximum absolute atomic E-state index is 11.6. The standard InChI is InChI=1S/C10H13ClN2O4/c1-10(5-14)4-6(11)8(17-10)13-3-2-7(15)12-9(13)16/h2-3,6,8,14H,4-5H2,1H3,(H,12,15,16)/t6-,8?,10+/m1/s1. The van der Waals surface area contributed by atoms with E-state index in [1.54, 1.807) is 6.92 Å². The number of hydrogen-bond donors (Lipinski definition) is 2. The summed E-state index contributed by atoms with van der Waals surface area (Å²) in [5, 5.41) is 8.76. The summed E-state index contributed by atoms with van der Waals surface area (Å²) in [6.45, 7) is 1.55. The highest BCUT2D eigenvalue weighted by molar-refractivity contribution is 6.21. The van der Waals surface area contributed by atoms with Gasteiger partial charge in [0.05, 0.1) is 17.6 Å². The molecule has 1 aliphatic rings. The van der Waals surface area contributed by atoms with E-state index in [2.05, 4.69) is 4.98 Å². The van der Waals surface area contributed by atoms with E-state index in [0.29, 0.717) is 6.42 Å². The molecule has 1 saturated heterocycles. The average molecular weight is 261 g/mol. The predicted molar refractivity (Wildman–Crippen MR) is 61.2 cm³/mol. The van der Waals surface area contributed by atoms with E-state index in [4.69, 9.17) is 16.3 Å². The number of aliphatic hydroxyl groups is 1. The molecule has 0 spiro atoms. The molecule has 1 aromatic heterocycles. The van der Waals surface area contributed by atoms with Crippen molar-refractivity contribution in [3.63, 3.8) is 0 Å². The normalized spacial score (nSPS) is 32.9. The first-order chi connectivity index (χ1) is 7.95. The van der Waals surface area contributed by atoms with Crippen molar-refractivity contribution >= 4 is 11.6 Å². The van der Waals surface area contributed by atoms with Gasteiger partial charge in [0.2, 0.25) is 0 Å². The molecule has 1 fully saturated rings. The Balaban J connectivity index is 2.35. The Labute approximate surface area is 102 Å². The van der Waals surface area contributed by atoms with Crippen LogP contribution in [0.15, 0.2) is 21.9 Å². The summed E-state index contributed by atoms with van der Waals surface area (Å²) in [5.41, 5.74) is -1.80. The molecule has 0 amide bonds. The second-order valence-corrected chi connectivity index (χ2v) is 4.91. The molecule has 7 heteroatoms. The fraction of sp³-hybridized carbons (Fsp3) is 0.600. The molecule has 0 aliphatic carbocycles. The molecule has 0 saturated carbocycles. The topological polar surface area (TPSA) is 84.3 Å². The van der Waals surface area contributed by atoms with Gasteiger partial charge in [0.1, 0.15) is 0 Å². The Morgan fingerprint density at radius 3 is 2.94 bits per heavy atom. The molecule has 2 rings (SSSR count). The Kier molecular flexibility index (Phi) is 3.11. The Morgan fingerprint density at radius 1 is 1.71 bits per heavy atom. The molecular weight excluding hydrogens is 248 g/mol. The van der Waals surface area contributed by atoms with Crippen molar-refractivity contribution in [2.24, 2.45) is 0 Å². The molecular formula is C10H13ClN2O4. The van der Waals surface area contributed by atoms with Crippen molar-refractivity contribution in [1.82, 2.24) is 9.55 Å². The number of nitrogens with one attached hydrogen (secondary N) is 1. The lowest BCUT2D eigenvalue weighted by Crippen LogP contribution is -2.35. The van der Waals surface area contributed by atoms with Crippen LogP contribution in [-0.4, -0.2) is 32.2 Å². The van der Waals surface area contributed by atoms with Gasteiger partial charge in [-0.2, -0.15) is 0 Å². The Hall–Kier alpha value is -1.11. The number of alkyl halides is 1. The first-order valence-electron chi connectivity index (χ1n) is 5.19. The van der Waals surface area contributed by atoms with Gasteiger partial charge >= 0.3 is 5.69 Å². The first-order valence-corrected chi connectivity index (χ1v) is 5.63. The highest BCUT2D eigenvalue weighted by Gasteiger charge is 2.43. The van der Waals surface area contributed by atoms with Crippen LogP contribution in [-0.2, 0) is 4.74 Å². The number of H-pyrrole nitrogens is 1. The largest absolute Gasteiger partial charge is 0.393 e. The summed E-state index contributed by atoms with van der Waals surface area (Å²) >= 11 is 6.10. The number of halogens is 1. The van der Waals surface area contributed by atoms with Gasteiger partial charge < -0.3 is 9.84 Å². The third kappa shape index (κ3) is 2.29. The second kappa shape index (κ2) is 4.29. The fourth-order valence-corrected chi connectivity index (χ4v) is 2.39. The lowest BCUT2D eigenvalue weighted by atomic mass is 10.0. The molecule has 1 aromatic rings. The van der Waals surface area contributed by atoms with Gasteiger partial charge in [-0.3, -0.25) is 14.3 Å². The summed E-state index contributed by atoms with van der Waals surface area (Å²) in [6, 6.07) is 1.23. The van der Waals surface area contributed by atoms with Crippen molar-refractivity contribution in [2.75, 3.05) is 6.61 Å². The van der Waals surface area contributed by atoms with Crippen LogP contribution in [0.1, 0.15) is 19.6 Å². The molecule has 0 bridgehead atoms. The number of hydrogen-bond acceptors (Lipinski definition) is 4. The molecule has 1 unspecified atom stereocenters. The van der Waals surface area contributed by atoms with E-state index in [1.807, 2.05) is 0 Å². The summed E-state index contributed by atoms with van der Waals surface area (Å²) in [7, 11) is 0. The Bertz CT molecular complexity index is 526. The van der Waals surface area contributed by atoms with Gasteiger partial charge in [-0.15, -0.1) is 11.6 Å². The lowest BCUT2D eigenvalue weighted by Gasteiger charge is -2.22. The van der Waals surface area contributed by atoms with E-state index < -0.39 is 28.5 Å². The fourth-order valence-electron chi connectivity index (χ4n) is 1.89. The predicted octanol–water partition coefficient (Wildman–Crippen LogP) is -0.186. The monoisotopic (exact) mass is 260 g/mol. The smallest absolute Gasteiger partial charge is 0.330 e. The molecule has 0 radical (unpaired) electrons. The number of rotatable bonds is 2. The Morgan fingerprint density at radius 2 is 2.41 bits per heavy atom. The maximum atomic E-state index is 11.6. The number of aliphatic hydroxyl groups excluding tert-OH is 1. The SMILES string of the molecule is C[C@@]1(CO)C[C@@H](Cl)C(n2ccc(=O)[nH]c2=O)O1. The van der Waals surface area contributed by atoms with Crippen LogP contribution in [0.3, 0.4) is 0 Å². The third-order valence-electron chi connectivity index (χ3n) is 2.80. The zero-order valence-electron chi connectivity index (χ0n) is 9.22. The van der Waals surface area contributed by atoms with E-state index in [9.17, 15) is 14.7 Å². The van der Waals surface area contributed by atoms with Crippen LogP contribution in [0.5, 0.6) is 0 Å². The molecule has 94 valence electrons. The van der Waals surface area contributed by atoms with Gasteiger partial charge in [-0.05, 0) is 13.3 Å². The lowest BCUT2D eigenvalue weighted by molar-refractivity contribution is -0.0877. The number of ether oxygens (including phenoxy) is 1. The third-order valence-corrected chi connectivity index (χ3v) is 3.17. The van der Waals surface area contributed by atoms with Crippen LogP contribution in [0.25, 0.3) is 0 Å². The number of aromatic amines is 1. The maximum Gasteiger partial charge on any atom is 0.330 e. The minimum absolute atomic E-state index is 0.176. The first kappa shape index (κ1) is 12.3. The zero-order valence-corrected chi connectivity index (χ0v) is 9.98. The molecule has 0 aromatic carbocycles. The molecule has 6 nitrogen and oxygen atoms in total. The van der Waals surface area contributed by atoms with Crippen molar-refractivity contribution in [2.45, 2.75) is 30.6 Å². The van der Waals surface area contributed by atoms with Crippen LogP contribution >= 0.6 is 11.6 Å². The van der Waals surface area contributed by atoms with Crippen LogP contribution in [0.2, 0.25) is 0 Å². The van der Waals surface area contributed by atoms with Gasteiger partial charge in [-0.1, -0.05) is 0 Å². The molecule has 1 aliphatic heterocycles. The van der Waals surface area contributed by atoms with Crippen molar-refractivity contribution in [3.8, 4) is 0 Å².